The number of amides is 2. The topological polar surface area (TPSA) is 110 Å². The van der Waals surface area contributed by atoms with E-state index in [0.29, 0.717) is 5.56 Å². The number of nitrogens with zero attached hydrogens (tertiary/aromatic N) is 3. The number of anilines is 1. The molecule has 2 heterocycles. The van der Waals surface area contributed by atoms with Crippen molar-refractivity contribution in [3.63, 3.8) is 0 Å². The number of halogens is 4. The molecule has 2 amide bonds. The van der Waals surface area contributed by atoms with E-state index in [0.717, 1.165) is 13.2 Å². The van der Waals surface area contributed by atoms with Gasteiger partial charge in [0.2, 0.25) is 0 Å². The van der Waals surface area contributed by atoms with Gasteiger partial charge in [-0.3, -0.25) is 14.0 Å². The maximum absolute atomic E-state index is 15.2. The van der Waals surface area contributed by atoms with Crippen LogP contribution in [0.2, 0.25) is 0 Å². The van der Waals surface area contributed by atoms with E-state index in [1.807, 2.05) is 0 Å². The highest BCUT2D eigenvalue weighted by Gasteiger charge is 2.39. The summed E-state index contributed by atoms with van der Waals surface area (Å²) in [6.07, 6.45) is -4.40. The molecule has 2 aromatic rings. The van der Waals surface area contributed by atoms with Crippen molar-refractivity contribution >= 4 is 40.1 Å². The zero-order chi connectivity index (χ0) is 32.5. The third-order valence-electron chi connectivity index (χ3n) is 6.10. The summed E-state index contributed by atoms with van der Waals surface area (Å²) in [5, 5.41) is 2.48. The van der Waals surface area contributed by atoms with Gasteiger partial charge >= 0.3 is 12.3 Å². The molecule has 0 saturated heterocycles. The summed E-state index contributed by atoms with van der Waals surface area (Å²) in [4.78, 5) is 35.3. The van der Waals surface area contributed by atoms with E-state index in [1.165, 1.54) is 29.3 Å². The number of carbonyl (C=O) groups is 2. The lowest BCUT2D eigenvalue weighted by Gasteiger charge is -2.28. The normalized spacial score (nSPS) is 18.1. The summed E-state index contributed by atoms with van der Waals surface area (Å²) in [6, 6.07) is 4.20. The van der Waals surface area contributed by atoms with Crippen LogP contribution in [0.3, 0.4) is 0 Å². The summed E-state index contributed by atoms with van der Waals surface area (Å²) in [6.45, 7) is 13.7. The molecule has 0 fully saturated rings. The van der Waals surface area contributed by atoms with Crippen LogP contribution in [0.25, 0.3) is 5.70 Å². The molecular formula is C29H34F4N4O5S. The number of hydrogen-bond donors (Lipinski definition) is 1. The van der Waals surface area contributed by atoms with Crippen molar-refractivity contribution in [1.82, 2.24) is 10.3 Å². The van der Waals surface area contributed by atoms with E-state index in [1.54, 1.807) is 41.5 Å². The Hall–Kier alpha value is -3.81. The Morgan fingerprint density at radius 1 is 1.19 bits per heavy atom. The van der Waals surface area contributed by atoms with Gasteiger partial charge < -0.3 is 19.7 Å². The third kappa shape index (κ3) is 8.39. The lowest BCUT2D eigenvalue weighted by atomic mass is 9.86. The molecule has 0 spiro atoms. The van der Waals surface area contributed by atoms with Gasteiger partial charge in [0, 0.05) is 6.20 Å². The molecule has 0 radical (unpaired) electrons. The molecule has 0 saturated carbocycles. The maximum atomic E-state index is 15.2. The van der Waals surface area contributed by atoms with Crippen LogP contribution in [0.5, 0.6) is 0 Å². The highest BCUT2D eigenvalue weighted by Crippen LogP contribution is 2.36. The van der Waals surface area contributed by atoms with E-state index >= 15 is 4.39 Å². The Kier molecular flexibility index (Phi) is 9.74. The third-order valence-corrected chi connectivity index (χ3v) is 7.55. The Bertz CT molecular complexity index is 1460. The van der Waals surface area contributed by atoms with E-state index in [4.69, 9.17) is 4.74 Å². The van der Waals surface area contributed by atoms with Gasteiger partial charge in [-0.05, 0) is 55.5 Å². The van der Waals surface area contributed by atoms with Crippen molar-refractivity contribution in [1.29, 1.82) is 0 Å². The van der Waals surface area contributed by atoms with Crippen LogP contribution < -0.4 is 10.2 Å². The first-order valence-corrected chi connectivity index (χ1v) is 14.4. The number of aliphatic imine (C=N–C) groups is 1. The monoisotopic (exact) mass is 626 g/mol. The first-order chi connectivity index (χ1) is 19.7. The highest BCUT2D eigenvalue weighted by molar-refractivity contribution is 7.85. The number of fused-ring (bicyclic) bond motifs is 1. The Morgan fingerprint density at radius 3 is 2.35 bits per heavy atom. The van der Waals surface area contributed by atoms with Gasteiger partial charge in [0.1, 0.15) is 17.5 Å². The summed E-state index contributed by atoms with van der Waals surface area (Å²) >= 11 is 0. The van der Waals surface area contributed by atoms with E-state index in [-0.39, 0.29) is 39.8 Å². The van der Waals surface area contributed by atoms with Gasteiger partial charge in [-0.25, -0.2) is 14.2 Å². The van der Waals surface area contributed by atoms with Crippen LogP contribution in [0.4, 0.5) is 28.0 Å². The zero-order valence-corrected chi connectivity index (χ0v) is 25.7. The van der Waals surface area contributed by atoms with Gasteiger partial charge in [-0.1, -0.05) is 33.4 Å². The van der Waals surface area contributed by atoms with Gasteiger partial charge in [0.25, 0.3) is 11.8 Å². The number of rotatable bonds is 5. The van der Waals surface area contributed by atoms with Crippen molar-refractivity contribution in [2.75, 3.05) is 17.8 Å². The van der Waals surface area contributed by atoms with Gasteiger partial charge in [0.15, 0.2) is 0 Å². The second kappa shape index (κ2) is 12.4. The van der Waals surface area contributed by atoms with E-state index in [9.17, 15) is 27.0 Å². The smallest absolute Gasteiger partial charge is 0.468 e. The highest BCUT2D eigenvalue weighted by atomic mass is 32.2. The molecule has 1 aromatic heterocycles. The lowest BCUT2D eigenvalue weighted by Crippen LogP contribution is -2.51. The SMILES string of the molecule is C=C(N=C(OC)C(F)(F)F)c1ccc(CN2C(=O)[C@@H](NC(=O)OC(C)(C)C)CS(=O)c3cc(F)c(C(C)(C)C)cc32)cn1. The molecule has 2 atom stereocenters. The fourth-order valence-corrected chi connectivity index (χ4v) is 5.47. The quantitative estimate of drug-likeness (QED) is 0.261. The minimum Gasteiger partial charge on any atom is -0.478 e. The van der Waals surface area contributed by atoms with Crippen molar-refractivity contribution in [3.8, 4) is 0 Å². The number of benzene rings is 1. The van der Waals surface area contributed by atoms with E-state index in [2.05, 4.69) is 26.6 Å². The molecule has 0 bridgehead atoms. The standard InChI is InChI=1S/C29H34F4N4O5S/c1-16(35-25(41-8)29(31,32)33)20-10-9-17(13-34-20)14-37-22-11-18(27(2,3)4)19(30)12-23(22)43(40)15-21(24(37)38)36-26(39)42-28(5,6)7/h9-13,21H,1,14-15H2,2-8H3,(H,36,39)/t21-,43?/m0/s1. The van der Waals surface area contributed by atoms with Crippen LogP contribution in [0.15, 0.2) is 46.9 Å². The fraction of sp³-hybridized carbons (Fsp3) is 0.448. The number of methoxy groups -OCH3 is 1. The molecule has 1 N–H and O–H groups in total. The number of ether oxygens (including phenoxy) is 2. The minimum atomic E-state index is -4.83. The fourth-order valence-electron chi connectivity index (χ4n) is 4.12. The summed E-state index contributed by atoms with van der Waals surface area (Å²) in [5.41, 5.74) is -0.926. The van der Waals surface area contributed by atoms with Gasteiger partial charge in [-0.2, -0.15) is 13.2 Å². The Balaban J connectivity index is 2.04. The number of aromatic nitrogens is 1. The molecule has 9 nitrogen and oxygen atoms in total. The van der Waals surface area contributed by atoms with Crippen LogP contribution >= 0.6 is 0 Å². The second-order valence-electron chi connectivity index (χ2n) is 11.8. The molecule has 234 valence electrons. The summed E-state index contributed by atoms with van der Waals surface area (Å²) in [7, 11) is -1.06. The van der Waals surface area contributed by atoms with Crippen LogP contribution in [-0.2, 0) is 37.0 Å². The molecule has 1 aliphatic rings. The van der Waals surface area contributed by atoms with Crippen LogP contribution in [-0.4, -0.2) is 57.8 Å². The molecule has 0 aliphatic carbocycles. The second-order valence-corrected chi connectivity index (χ2v) is 13.3. The molecule has 43 heavy (non-hydrogen) atoms. The molecule has 1 unspecified atom stereocenters. The van der Waals surface area contributed by atoms with Crippen molar-refractivity contribution < 1.29 is 40.8 Å². The van der Waals surface area contributed by atoms with Crippen molar-refractivity contribution in [2.24, 2.45) is 4.99 Å². The predicted molar refractivity (Wildman–Crippen MR) is 154 cm³/mol. The number of carbonyl (C=O) groups excluding carboxylic acids is 2. The predicted octanol–water partition coefficient (Wildman–Crippen LogP) is 5.64. The van der Waals surface area contributed by atoms with Gasteiger partial charge in [0.05, 0.1) is 52.2 Å². The number of nitrogens with one attached hydrogen (secondary N) is 1. The molecular weight excluding hydrogens is 592 g/mol. The molecule has 3 rings (SSSR count). The minimum absolute atomic E-state index is 0.0211. The number of alkyl carbamates (subject to hydrolysis) is 1. The average Bonchev–Trinajstić information content (AvgIpc) is 2.95. The van der Waals surface area contributed by atoms with Crippen molar-refractivity contribution in [2.45, 2.75) is 76.2 Å². The Morgan fingerprint density at radius 2 is 1.84 bits per heavy atom. The number of pyridine rings is 1. The number of hydrogen-bond acceptors (Lipinski definition) is 7. The van der Waals surface area contributed by atoms with Crippen LogP contribution in [0.1, 0.15) is 58.4 Å². The largest absolute Gasteiger partial charge is 0.478 e. The van der Waals surface area contributed by atoms with Crippen molar-refractivity contribution in [3.05, 3.63) is 59.7 Å². The average molecular weight is 627 g/mol. The van der Waals surface area contributed by atoms with Gasteiger partial charge in [-0.15, -0.1) is 0 Å². The van der Waals surface area contributed by atoms with Crippen LogP contribution in [0, 0.1) is 5.82 Å². The molecule has 14 heteroatoms. The maximum Gasteiger partial charge on any atom is 0.468 e. The lowest BCUT2D eigenvalue weighted by molar-refractivity contribution is -0.120. The first-order valence-electron chi connectivity index (χ1n) is 13.1. The molecule has 1 aliphatic heterocycles. The molecule has 1 aromatic carbocycles. The summed E-state index contributed by atoms with van der Waals surface area (Å²) in [5.74, 6) is -3.04. The van der Waals surface area contributed by atoms with E-state index < -0.39 is 57.7 Å². The summed E-state index contributed by atoms with van der Waals surface area (Å²) < 4.78 is 77.2. The Labute approximate surface area is 249 Å². The first kappa shape index (κ1) is 33.7. The zero-order valence-electron chi connectivity index (χ0n) is 24.9. The number of alkyl halides is 3.